The van der Waals surface area contributed by atoms with E-state index in [0.717, 1.165) is 5.69 Å². The van der Waals surface area contributed by atoms with Crippen LogP contribution < -0.4 is 4.90 Å². The summed E-state index contributed by atoms with van der Waals surface area (Å²) in [4.78, 5) is 12.8. The largest absolute Gasteiger partial charge is 0.305 e. The van der Waals surface area contributed by atoms with Gasteiger partial charge in [-0.15, -0.1) is 0 Å². The molecule has 0 aliphatic rings. The van der Waals surface area contributed by atoms with Gasteiger partial charge < -0.3 is 4.90 Å². The predicted molar refractivity (Wildman–Crippen MR) is 58.3 cm³/mol. The molecule has 72 valence electrons. The van der Waals surface area contributed by atoms with E-state index in [-0.39, 0.29) is 5.91 Å². The lowest BCUT2D eigenvalue weighted by Gasteiger charge is -2.13. The normalized spacial score (nSPS) is 8.79. The van der Waals surface area contributed by atoms with Crippen LogP contribution in [0.4, 0.5) is 5.69 Å². The monoisotopic (exact) mass is 207 g/mol. The Morgan fingerprint density at radius 3 is 2.43 bits per heavy atom. The van der Waals surface area contributed by atoms with Gasteiger partial charge in [-0.3, -0.25) is 4.79 Å². The second-order valence-corrected chi connectivity index (χ2v) is 3.15. The van der Waals surface area contributed by atoms with Gasteiger partial charge in [0.15, 0.2) is 0 Å². The summed E-state index contributed by atoms with van der Waals surface area (Å²) in [5.41, 5.74) is 0.780. The van der Waals surface area contributed by atoms with Crippen molar-refractivity contribution in [2.75, 3.05) is 11.9 Å². The van der Waals surface area contributed by atoms with Crippen LogP contribution in [-0.4, -0.2) is 13.0 Å². The molecule has 0 unspecified atom stereocenters. The molecule has 1 rings (SSSR count). The lowest BCUT2D eigenvalue weighted by molar-refractivity contribution is -0.113. The lowest BCUT2D eigenvalue weighted by atomic mass is 10.3. The Balaban J connectivity index is 2.87. The van der Waals surface area contributed by atoms with Crippen molar-refractivity contribution >= 4 is 23.2 Å². The molecule has 0 N–H and O–H groups in total. The van der Waals surface area contributed by atoms with E-state index in [0.29, 0.717) is 5.02 Å². The highest BCUT2D eigenvalue weighted by atomic mass is 35.5. The molecule has 0 bridgehead atoms. The van der Waals surface area contributed by atoms with Crippen LogP contribution in [0.3, 0.4) is 0 Å². The molecule has 0 saturated carbocycles. The van der Waals surface area contributed by atoms with Crippen LogP contribution >= 0.6 is 11.6 Å². The average molecular weight is 208 g/mol. The first-order valence-electron chi connectivity index (χ1n) is 4.11. The maximum Gasteiger partial charge on any atom is 0.302 e. The molecule has 0 spiro atoms. The van der Waals surface area contributed by atoms with E-state index in [9.17, 15) is 4.79 Å². The zero-order valence-corrected chi connectivity index (χ0v) is 8.80. The van der Waals surface area contributed by atoms with Gasteiger partial charge in [0.25, 0.3) is 0 Å². The van der Waals surface area contributed by atoms with Crippen LogP contribution in [0.15, 0.2) is 24.3 Å². The fourth-order valence-electron chi connectivity index (χ4n) is 0.973. The van der Waals surface area contributed by atoms with Crippen LogP contribution in [-0.2, 0) is 4.79 Å². The average Bonchev–Trinajstić information content (AvgIpc) is 2.18. The van der Waals surface area contributed by atoms with Crippen molar-refractivity contribution < 1.29 is 4.79 Å². The quantitative estimate of drug-likeness (QED) is 0.648. The van der Waals surface area contributed by atoms with Crippen LogP contribution in [0.1, 0.15) is 6.92 Å². The topological polar surface area (TPSA) is 20.3 Å². The zero-order chi connectivity index (χ0) is 10.6. The van der Waals surface area contributed by atoms with E-state index >= 15 is 0 Å². The molecular formula is C11H10ClNO. The van der Waals surface area contributed by atoms with Gasteiger partial charge in [-0.2, -0.15) is 0 Å². The van der Waals surface area contributed by atoms with Crippen LogP contribution in [0.2, 0.25) is 5.02 Å². The molecule has 0 aromatic heterocycles. The van der Waals surface area contributed by atoms with Gasteiger partial charge in [-0.1, -0.05) is 17.5 Å². The molecule has 0 aliphatic heterocycles. The summed E-state index contributed by atoms with van der Waals surface area (Å²) in [6, 6.07) is 7.02. The van der Waals surface area contributed by atoms with Gasteiger partial charge in [-0.25, -0.2) is 0 Å². The molecule has 0 heterocycles. The zero-order valence-electron chi connectivity index (χ0n) is 8.04. The standard InChI is InChI=1S/C11H10ClNO/c1-3-4-11(14)13(2)10-7-5-9(12)6-8-10/h5-8H,1-2H3. The molecule has 1 amide bonds. The summed E-state index contributed by atoms with van der Waals surface area (Å²) in [6.07, 6.45) is 0. The SMILES string of the molecule is CC#CC(=O)N(C)c1ccc(Cl)cc1. The molecule has 3 heteroatoms. The number of carbonyl (C=O) groups is 1. The Morgan fingerprint density at radius 2 is 1.93 bits per heavy atom. The number of benzene rings is 1. The minimum atomic E-state index is -0.227. The molecule has 0 radical (unpaired) electrons. The summed E-state index contributed by atoms with van der Waals surface area (Å²) < 4.78 is 0. The summed E-state index contributed by atoms with van der Waals surface area (Å²) >= 11 is 5.73. The Bertz CT molecular complexity index is 386. The maximum atomic E-state index is 11.3. The molecule has 0 atom stereocenters. The summed E-state index contributed by atoms with van der Waals surface area (Å²) in [5, 5.41) is 0.649. The molecule has 1 aromatic carbocycles. The fraction of sp³-hybridized carbons (Fsp3) is 0.182. The van der Waals surface area contributed by atoms with Gasteiger partial charge in [0.2, 0.25) is 0 Å². The minimum Gasteiger partial charge on any atom is -0.305 e. The van der Waals surface area contributed by atoms with E-state index in [1.807, 2.05) is 0 Å². The molecule has 0 fully saturated rings. The molecular weight excluding hydrogens is 198 g/mol. The predicted octanol–water partition coefficient (Wildman–Crippen LogP) is 2.33. The third-order valence-electron chi connectivity index (χ3n) is 1.75. The van der Waals surface area contributed by atoms with Crippen molar-refractivity contribution in [3.05, 3.63) is 29.3 Å². The van der Waals surface area contributed by atoms with Crippen molar-refractivity contribution in [3.8, 4) is 11.8 Å². The van der Waals surface area contributed by atoms with E-state index in [1.165, 1.54) is 4.90 Å². The molecule has 2 nitrogen and oxygen atoms in total. The Labute approximate surface area is 88.5 Å². The number of hydrogen-bond donors (Lipinski definition) is 0. The van der Waals surface area contributed by atoms with E-state index in [2.05, 4.69) is 11.8 Å². The molecule has 0 aliphatic carbocycles. The van der Waals surface area contributed by atoms with Gasteiger partial charge in [0.1, 0.15) is 0 Å². The maximum absolute atomic E-state index is 11.3. The highest BCUT2D eigenvalue weighted by molar-refractivity contribution is 6.30. The van der Waals surface area contributed by atoms with Crippen molar-refractivity contribution in [2.24, 2.45) is 0 Å². The summed E-state index contributed by atoms with van der Waals surface area (Å²) in [6.45, 7) is 1.63. The number of rotatable bonds is 1. The Morgan fingerprint density at radius 1 is 1.36 bits per heavy atom. The molecule has 1 aromatic rings. The summed E-state index contributed by atoms with van der Waals surface area (Å²) in [7, 11) is 1.68. The van der Waals surface area contributed by atoms with E-state index < -0.39 is 0 Å². The van der Waals surface area contributed by atoms with Crippen molar-refractivity contribution in [3.63, 3.8) is 0 Å². The van der Waals surface area contributed by atoms with Crippen molar-refractivity contribution in [1.29, 1.82) is 0 Å². The van der Waals surface area contributed by atoms with Gasteiger partial charge in [-0.05, 0) is 37.1 Å². The fourth-order valence-corrected chi connectivity index (χ4v) is 1.10. The van der Waals surface area contributed by atoms with Crippen LogP contribution in [0.25, 0.3) is 0 Å². The molecule has 0 saturated heterocycles. The van der Waals surface area contributed by atoms with Gasteiger partial charge in [0, 0.05) is 17.8 Å². The number of anilines is 1. The minimum absolute atomic E-state index is 0.227. The summed E-state index contributed by atoms with van der Waals surface area (Å²) in [5.74, 6) is 4.80. The van der Waals surface area contributed by atoms with Crippen molar-refractivity contribution in [2.45, 2.75) is 6.92 Å². The first-order valence-corrected chi connectivity index (χ1v) is 4.49. The third-order valence-corrected chi connectivity index (χ3v) is 2.00. The van der Waals surface area contributed by atoms with Gasteiger partial charge in [0.05, 0.1) is 0 Å². The lowest BCUT2D eigenvalue weighted by Crippen LogP contribution is -2.24. The van der Waals surface area contributed by atoms with Gasteiger partial charge >= 0.3 is 5.91 Å². The van der Waals surface area contributed by atoms with E-state index in [4.69, 9.17) is 11.6 Å². The second-order valence-electron chi connectivity index (χ2n) is 2.72. The number of carbonyl (C=O) groups excluding carboxylic acids is 1. The Kier molecular flexibility index (Phi) is 3.55. The van der Waals surface area contributed by atoms with Crippen LogP contribution in [0.5, 0.6) is 0 Å². The number of halogens is 1. The van der Waals surface area contributed by atoms with Crippen LogP contribution in [0, 0.1) is 11.8 Å². The first-order chi connectivity index (χ1) is 6.65. The van der Waals surface area contributed by atoms with E-state index in [1.54, 1.807) is 38.2 Å². The number of hydrogen-bond acceptors (Lipinski definition) is 1. The highest BCUT2D eigenvalue weighted by Gasteiger charge is 2.06. The third kappa shape index (κ3) is 2.51. The number of nitrogens with zero attached hydrogens (tertiary/aromatic N) is 1. The molecule has 14 heavy (non-hydrogen) atoms. The Hall–Kier alpha value is -1.46. The second kappa shape index (κ2) is 4.69. The smallest absolute Gasteiger partial charge is 0.302 e. The first kappa shape index (κ1) is 10.6. The number of amides is 1. The highest BCUT2D eigenvalue weighted by Crippen LogP contribution is 2.16. The van der Waals surface area contributed by atoms with Crippen molar-refractivity contribution in [1.82, 2.24) is 0 Å².